The molecule has 0 radical (unpaired) electrons. The molecule has 6 heteroatoms. The molecule has 0 amide bonds. The molecular formula is C45H68N4O2. The molecule has 51 heavy (non-hydrogen) atoms. The van der Waals surface area contributed by atoms with Crippen LogP contribution in [-0.4, -0.2) is 45.3 Å². The Morgan fingerprint density at radius 2 is 1.37 bits per heavy atom. The van der Waals surface area contributed by atoms with E-state index in [1.54, 1.807) is 12.4 Å². The molecule has 4 aromatic rings. The summed E-state index contributed by atoms with van der Waals surface area (Å²) in [5, 5.41) is 0. The summed E-state index contributed by atoms with van der Waals surface area (Å²) in [6.07, 6.45) is 20.2. The van der Waals surface area contributed by atoms with E-state index in [1.165, 1.54) is 68.3 Å². The summed E-state index contributed by atoms with van der Waals surface area (Å²) in [5.74, 6) is 1.73. The molecule has 3 aromatic heterocycles. The lowest BCUT2D eigenvalue weighted by Gasteiger charge is -2.14. The summed E-state index contributed by atoms with van der Waals surface area (Å²) in [5.41, 5.74) is 5.89. The van der Waals surface area contributed by atoms with Crippen molar-refractivity contribution in [3.63, 3.8) is 0 Å². The number of aromatic nitrogens is 3. The van der Waals surface area contributed by atoms with Crippen molar-refractivity contribution in [3.8, 4) is 0 Å². The topological polar surface area (TPSA) is 68.2 Å². The number of carbonyl (C=O) groups excluding carboxylic acids is 1. The van der Waals surface area contributed by atoms with Crippen LogP contribution in [0.15, 0.2) is 97.8 Å². The van der Waals surface area contributed by atoms with Crippen LogP contribution < -0.4 is 0 Å². The van der Waals surface area contributed by atoms with Crippen molar-refractivity contribution in [3.05, 3.63) is 126 Å². The van der Waals surface area contributed by atoms with Crippen LogP contribution in [0.25, 0.3) is 0 Å². The van der Waals surface area contributed by atoms with E-state index in [-0.39, 0.29) is 5.78 Å². The molecule has 5 rings (SSSR count). The number of likely N-dealkylation sites (tertiary alicyclic amines) is 1. The van der Waals surface area contributed by atoms with Gasteiger partial charge in [-0.15, -0.1) is 0 Å². The fourth-order valence-electron chi connectivity index (χ4n) is 5.05. The Morgan fingerprint density at radius 1 is 0.784 bits per heavy atom. The molecule has 0 aliphatic carbocycles. The van der Waals surface area contributed by atoms with Crippen LogP contribution in [0.4, 0.5) is 0 Å². The van der Waals surface area contributed by atoms with E-state index in [1.807, 2.05) is 94.9 Å². The van der Waals surface area contributed by atoms with Crippen molar-refractivity contribution in [2.75, 3.05) is 19.7 Å². The van der Waals surface area contributed by atoms with Gasteiger partial charge in [-0.25, -0.2) is 0 Å². The second-order valence-electron chi connectivity index (χ2n) is 13.4. The first-order chi connectivity index (χ1) is 24.8. The molecule has 1 unspecified atom stereocenters. The number of aryl methyl sites for hydroxylation is 2. The molecule has 4 heterocycles. The lowest BCUT2D eigenvalue weighted by molar-refractivity contribution is 0.0908. The van der Waals surface area contributed by atoms with Crippen molar-refractivity contribution in [1.29, 1.82) is 0 Å². The summed E-state index contributed by atoms with van der Waals surface area (Å²) >= 11 is 0. The zero-order chi connectivity index (χ0) is 37.5. The van der Waals surface area contributed by atoms with Gasteiger partial charge in [0.25, 0.3) is 0 Å². The Hall–Kier alpha value is -3.74. The van der Waals surface area contributed by atoms with Crippen LogP contribution in [0.5, 0.6) is 0 Å². The van der Waals surface area contributed by atoms with E-state index in [0.717, 1.165) is 36.6 Å². The number of pyridine rings is 3. The Balaban J connectivity index is 0.000000346. The van der Waals surface area contributed by atoms with E-state index < -0.39 is 0 Å². The number of benzene rings is 1. The highest BCUT2D eigenvalue weighted by Gasteiger charge is 2.12. The molecule has 6 nitrogen and oxygen atoms in total. The quantitative estimate of drug-likeness (QED) is 0.122. The van der Waals surface area contributed by atoms with Gasteiger partial charge in [0, 0.05) is 62.3 Å². The maximum absolute atomic E-state index is 11.7. The first kappa shape index (κ1) is 45.3. The molecule has 0 saturated carbocycles. The van der Waals surface area contributed by atoms with Crippen LogP contribution in [0.3, 0.4) is 0 Å². The van der Waals surface area contributed by atoms with Crippen molar-refractivity contribution in [1.82, 2.24) is 19.9 Å². The smallest absolute Gasteiger partial charge is 0.162 e. The third-order valence-electron chi connectivity index (χ3n) is 8.23. The Morgan fingerprint density at radius 3 is 1.84 bits per heavy atom. The summed E-state index contributed by atoms with van der Waals surface area (Å²) in [6, 6.07) is 20.2. The van der Waals surface area contributed by atoms with E-state index in [2.05, 4.69) is 65.7 Å². The molecule has 1 atom stereocenters. The average Bonchev–Trinajstić information content (AvgIpc) is 3.68. The third kappa shape index (κ3) is 23.4. The van der Waals surface area contributed by atoms with Gasteiger partial charge >= 0.3 is 0 Å². The van der Waals surface area contributed by atoms with Gasteiger partial charge in [0.1, 0.15) is 0 Å². The van der Waals surface area contributed by atoms with Gasteiger partial charge in [0.05, 0.1) is 6.61 Å². The number of Topliss-reactive ketones (excluding diaryl/α,β-unsaturated/α-hetero) is 1. The van der Waals surface area contributed by atoms with Gasteiger partial charge in [-0.1, -0.05) is 104 Å². The van der Waals surface area contributed by atoms with E-state index in [0.29, 0.717) is 18.9 Å². The van der Waals surface area contributed by atoms with Crippen molar-refractivity contribution >= 4 is 5.78 Å². The summed E-state index contributed by atoms with van der Waals surface area (Å²) in [7, 11) is 0. The summed E-state index contributed by atoms with van der Waals surface area (Å²) in [6.45, 7) is 22.0. The minimum atomic E-state index is 0.264. The third-order valence-corrected chi connectivity index (χ3v) is 8.23. The molecule has 0 bridgehead atoms. The highest BCUT2D eigenvalue weighted by molar-refractivity contribution is 5.96. The second kappa shape index (κ2) is 29.9. The minimum Gasteiger partial charge on any atom is -0.376 e. The standard InChI is InChI=1S/C15H21NO.C11H17NO.C11H17N.C6H7N.C2H6/c1-2-5-15(17)14-8-6-13(7-9-14)12-16-10-3-4-11-16;1-3-10(2)8-13-9-11-5-4-6-12-7-11;1-10(2)5-3-6-11-7-4-8-12-9-11;1-6-3-2-4-7-5-6;1-2/h6-9H,2-5,10-12H2,1H3;4-7,10H,3,8-9H2,1-2H3;4,7-10H,3,5-6H2,1-2H3;2-5H,1H3;1-2H3. The predicted molar refractivity (Wildman–Crippen MR) is 216 cm³/mol. The highest BCUT2D eigenvalue weighted by Crippen LogP contribution is 2.14. The van der Waals surface area contributed by atoms with E-state index in [4.69, 9.17) is 4.74 Å². The van der Waals surface area contributed by atoms with Gasteiger partial charge in [-0.05, 0) is 104 Å². The summed E-state index contributed by atoms with van der Waals surface area (Å²) < 4.78 is 5.53. The minimum absolute atomic E-state index is 0.264. The van der Waals surface area contributed by atoms with Gasteiger partial charge in [0.15, 0.2) is 5.78 Å². The molecule has 280 valence electrons. The van der Waals surface area contributed by atoms with Gasteiger partial charge in [0.2, 0.25) is 0 Å². The monoisotopic (exact) mass is 697 g/mol. The molecular weight excluding hydrogens is 629 g/mol. The summed E-state index contributed by atoms with van der Waals surface area (Å²) in [4.78, 5) is 26.2. The lowest BCUT2D eigenvalue weighted by atomic mass is 10.0. The number of rotatable bonds is 14. The number of nitrogens with zero attached hydrogens (tertiary/aromatic N) is 4. The molecule has 0 spiro atoms. The molecule has 0 N–H and O–H groups in total. The highest BCUT2D eigenvalue weighted by atomic mass is 16.5. The number of ether oxygens (including phenoxy) is 1. The molecule has 1 fully saturated rings. The van der Waals surface area contributed by atoms with E-state index in [9.17, 15) is 4.79 Å². The van der Waals surface area contributed by atoms with E-state index >= 15 is 0 Å². The average molecular weight is 697 g/mol. The Bertz CT molecular complexity index is 1340. The molecule has 1 saturated heterocycles. The number of hydrogen-bond donors (Lipinski definition) is 0. The number of hydrogen-bond acceptors (Lipinski definition) is 6. The fraction of sp³-hybridized carbons (Fsp3) is 0.511. The van der Waals surface area contributed by atoms with Gasteiger partial charge in [-0.2, -0.15) is 0 Å². The predicted octanol–water partition coefficient (Wildman–Crippen LogP) is 11.4. The normalized spacial score (nSPS) is 12.5. The SMILES string of the molecule is CC.CC(C)CCCc1cccnc1.CCC(C)COCc1cccnc1.CCCC(=O)c1ccc(CN2CCCC2)cc1.Cc1cccnc1. The lowest BCUT2D eigenvalue weighted by Crippen LogP contribution is -2.18. The van der Waals surface area contributed by atoms with Crippen molar-refractivity contribution < 1.29 is 9.53 Å². The maximum atomic E-state index is 11.7. The number of carbonyl (C=O) groups is 1. The van der Waals surface area contributed by atoms with Crippen LogP contribution in [0.1, 0.15) is 126 Å². The van der Waals surface area contributed by atoms with Crippen LogP contribution in [0.2, 0.25) is 0 Å². The van der Waals surface area contributed by atoms with Crippen molar-refractivity contribution in [2.45, 2.75) is 120 Å². The second-order valence-corrected chi connectivity index (χ2v) is 13.4. The largest absolute Gasteiger partial charge is 0.376 e. The van der Waals surface area contributed by atoms with Crippen molar-refractivity contribution in [2.24, 2.45) is 11.8 Å². The molecule has 1 aromatic carbocycles. The molecule has 1 aliphatic heterocycles. The zero-order valence-electron chi connectivity index (χ0n) is 33.2. The first-order valence-corrected chi connectivity index (χ1v) is 19.4. The Kier molecular flexibility index (Phi) is 26.6. The Labute approximate surface area is 311 Å². The van der Waals surface area contributed by atoms with Gasteiger partial charge in [-0.3, -0.25) is 24.6 Å². The zero-order valence-corrected chi connectivity index (χ0v) is 33.2. The molecule has 1 aliphatic rings. The maximum Gasteiger partial charge on any atom is 0.162 e. The fourth-order valence-corrected chi connectivity index (χ4v) is 5.05. The van der Waals surface area contributed by atoms with Crippen LogP contribution in [-0.2, 0) is 24.3 Å². The van der Waals surface area contributed by atoms with Gasteiger partial charge < -0.3 is 4.74 Å². The van der Waals surface area contributed by atoms with Crippen LogP contribution in [0, 0.1) is 18.8 Å². The number of ketones is 1. The van der Waals surface area contributed by atoms with Crippen LogP contribution >= 0.6 is 0 Å². The first-order valence-electron chi connectivity index (χ1n) is 19.4.